The van der Waals surface area contributed by atoms with Crippen LogP contribution < -0.4 is 11.4 Å². The molecule has 2 unspecified atom stereocenters. The molecule has 0 aliphatic carbocycles. The number of phosphoric acid groups is 3. The Hall–Kier alpha value is -1.06. The van der Waals surface area contributed by atoms with Crippen molar-refractivity contribution >= 4 is 29.3 Å². The highest BCUT2D eigenvalue weighted by Crippen LogP contribution is 2.66. The van der Waals surface area contributed by atoms with Gasteiger partial charge in [0.2, 0.25) is 0 Å². The Morgan fingerprint density at radius 3 is 2.42 bits per heavy atom. The number of ether oxygens (including phenoxy) is 1. The quantitative estimate of drug-likeness (QED) is 0.229. The van der Waals surface area contributed by atoms with Crippen LogP contribution >= 0.6 is 23.5 Å². The summed E-state index contributed by atoms with van der Waals surface area (Å²) in [7, 11) is -16.9. The third-order valence-corrected chi connectivity index (χ3v) is 7.61. The Bertz CT molecular complexity index is 1030. The van der Waals surface area contributed by atoms with Gasteiger partial charge in [-0.3, -0.25) is 9.09 Å². The lowest BCUT2D eigenvalue weighted by Gasteiger charge is -2.27. The molecule has 1 aromatic rings. The summed E-state index contributed by atoms with van der Waals surface area (Å²) in [4.78, 5) is 51.1. The molecule has 0 amide bonds. The number of phosphoric ester groups is 1. The molecule has 2 heterocycles. The maximum atomic E-state index is 13.8. The van der Waals surface area contributed by atoms with Crippen molar-refractivity contribution < 1.29 is 60.6 Å². The number of nitrogens with two attached hydrogens (primary N) is 1. The summed E-state index contributed by atoms with van der Waals surface area (Å²) in [5, 5.41) is 10.6. The summed E-state index contributed by atoms with van der Waals surface area (Å²) in [5.41, 5.74) is 0.361. The minimum Gasteiger partial charge on any atom is -0.385 e. The third-order valence-electron chi connectivity index (χ3n) is 3.83. The van der Waals surface area contributed by atoms with E-state index >= 15 is 0 Å². The highest BCUT2D eigenvalue weighted by molar-refractivity contribution is 7.66. The zero-order chi connectivity index (χ0) is 23.9. The number of alkyl halides is 1. The van der Waals surface area contributed by atoms with E-state index in [1.54, 1.807) is 0 Å². The predicted molar refractivity (Wildman–Crippen MR) is 96.8 cm³/mol. The minimum atomic E-state index is -5.77. The van der Waals surface area contributed by atoms with Gasteiger partial charge in [-0.05, 0) is 13.0 Å². The first-order valence-corrected chi connectivity index (χ1v) is 12.5. The van der Waals surface area contributed by atoms with Crippen LogP contribution in [0.15, 0.2) is 17.1 Å². The van der Waals surface area contributed by atoms with Crippen molar-refractivity contribution in [1.82, 2.24) is 9.55 Å². The monoisotopic (exact) mass is 513 g/mol. The van der Waals surface area contributed by atoms with Gasteiger partial charge in [0.15, 0.2) is 6.23 Å². The van der Waals surface area contributed by atoms with Crippen molar-refractivity contribution in [3.8, 4) is 0 Å². The van der Waals surface area contributed by atoms with Crippen LogP contribution in [0.2, 0.25) is 0 Å². The van der Waals surface area contributed by atoms with E-state index in [0.29, 0.717) is 0 Å². The molecule has 1 saturated heterocycles. The molecular weight excluding hydrogens is 494 g/mol. The van der Waals surface area contributed by atoms with Crippen LogP contribution in [0.25, 0.3) is 0 Å². The fourth-order valence-corrected chi connectivity index (χ4v) is 5.90. The van der Waals surface area contributed by atoms with Gasteiger partial charge in [-0.25, -0.2) is 22.9 Å². The van der Waals surface area contributed by atoms with E-state index < -0.39 is 66.3 Å². The average Bonchev–Trinajstić information content (AvgIpc) is 2.81. The van der Waals surface area contributed by atoms with Gasteiger partial charge in [-0.1, -0.05) is 0 Å². The van der Waals surface area contributed by atoms with Gasteiger partial charge in [-0.15, -0.1) is 0 Å². The molecule has 0 saturated carbocycles. The maximum Gasteiger partial charge on any atom is 0.490 e. The van der Waals surface area contributed by atoms with E-state index in [1.807, 2.05) is 0 Å². The molecule has 1 aromatic heterocycles. The standard InChI is InChI=1S/C11H19FN3O13P3/c1-10(17)4-11(5-12,26-8(10)15-3-2-7(13)14-9(15)16)6-25-30(21,22)28-31(23,24)27-29(18,19)20/h2-3,8,17H,4-6H2,1H3,(H,21,22)(H,23,24)(H2,13,14,16)(H2,18,19,20)/t8-,10-,11-/m1/s1. The van der Waals surface area contributed by atoms with E-state index in [0.717, 1.165) is 10.8 Å². The lowest BCUT2D eigenvalue weighted by Crippen LogP contribution is -2.38. The Balaban J connectivity index is 2.19. The van der Waals surface area contributed by atoms with Crippen molar-refractivity contribution in [3.63, 3.8) is 0 Å². The molecule has 178 valence electrons. The number of nitrogens with zero attached hydrogens (tertiary/aromatic N) is 2. The number of halogens is 1. The van der Waals surface area contributed by atoms with E-state index in [4.69, 9.17) is 25.2 Å². The van der Waals surface area contributed by atoms with Gasteiger partial charge < -0.3 is 35.2 Å². The third kappa shape index (κ3) is 6.96. The second-order valence-electron chi connectivity index (χ2n) is 6.73. The van der Waals surface area contributed by atoms with Crippen LogP contribution in [-0.2, 0) is 31.6 Å². The largest absolute Gasteiger partial charge is 0.490 e. The minimum absolute atomic E-state index is 0.136. The summed E-state index contributed by atoms with van der Waals surface area (Å²) in [5.74, 6) is -0.136. The number of anilines is 1. The molecule has 1 fully saturated rings. The molecule has 20 heteroatoms. The van der Waals surface area contributed by atoms with Crippen molar-refractivity contribution in [2.24, 2.45) is 0 Å². The van der Waals surface area contributed by atoms with Gasteiger partial charge in [0.1, 0.15) is 23.7 Å². The van der Waals surface area contributed by atoms with Crippen molar-refractivity contribution in [2.75, 3.05) is 19.0 Å². The molecule has 5 atom stereocenters. The van der Waals surface area contributed by atoms with Gasteiger partial charge >= 0.3 is 29.2 Å². The molecule has 1 aliphatic rings. The summed E-state index contributed by atoms with van der Waals surface area (Å²) >= 11 is 0. The van der Waals surface area contributed by atoms with Crippen LogP contribution in [0, 0.1) is 0 Å². The average molecular weight is 513 g/mol. The Labute approximate surface area is 172 Å². The molecule has 0 bridgehead atoms. The first kappa shape index (κ1) is 26.2. The fourth-order valence-electron chi connectivity index (χ4n) is 2.81. The van der Waals surface area contributed by atoms with Gasteiger partial charge in [-0.2, -0.15) is 13.6 Å². The molecule has 0 radical (unpaired) electrons. The van der Waals surface area contributed by atoms with Crippen LogP contribution in [0.4, 0.5) is 10.2 Å². The van der Waals surface area contributed by atoms with Gasteiger partial charge in [0.05, 0.1) is 6.61 Å². The molecule has 2 rings (SSSR count). The second-order valence-corrected chi connectivity index (χ2v) is 11.1. The lowest BCUT2D eigenvalue weighted by atomic mass is 9.92. The van der Waals surface area contributed by atoms with Crippen LogP contribution in [0.3, 0.4) is 0 Å². The molecular formula is C11H19FN3O13P3. The number of hydrogen-bond donors (Lipinski definition) is 6. The number of aromatic nitrogens is 2. The molecule has 31 heavy (non-hydrogen) atoms. The highest BCUT2D eigenvalue weighted by atomic mass is 31.3. The number of aliphatic hydroxyl groups is 1. The fraction of sp³-hybridized carbons (Fsp3) is 0.636. The summed E-state index contributed by atoms with van der Waals surface area (Å²) < 4.78 is 65.3. The lowest BCUT2D eigenvalue weighted by molar-refractivity contribution is -0.131. The summed E-state index contributed by atoms with van der Waals surface area (Å²) in [6.45, 7) is -1.41. The molecule has 1 aliphatic heterocycles. The van der Waals surface area contributed by atoms with Crippen molar-refractivity contribution in [2.45, 2.75) is 30.8 Å². The summed E-state index contributed by atoms with van der Waals surface area (Å²) in [6, 6.07) is 1.20. The maximum absolute atomic E-state index is 13.8. The van der Waals surface area contributed by atoms with Crippen LogP contribution in [0.1, 0.15) is 19.6 Å². The second kappa shape index (κ2) is 8.71. The molecule has 7 N–H and O–H groups in total. The highest BCUT2D eigenvalue weighted by Gasteiger charge is 2.55. The first-order chi connectivity index (χ1) is 13.9. The summed E-state index contributed by atoms with van der Waals surface area (Å²) in [6.07, 6.45) is -1.01. The van der Waals surface area contributed by atoms with Crippen molar-refractivity contribution in [1.29, 1.82) is 0 Å². The molecule has 16 nitrogen and oxygen atoms in total. The Morgan fingerprint density at radius 1 is 1.29 bits per heavy atom. The number of nitrogen functional groups attached to an aromatic ring is 1. The number of rotatable bonds is 9. The Kier molecular flexibility index (Phi) is 7.36. The van der Waals surface area contributed by atoms with E-state index in [2.05, 4.69) is 18.1 Å². The van der Waals surface area contributed by atoms with Crippen molar-refractivity contribution in [3.05, 3.63) is 22.7 Å². The van der Waals surface area contributed by atoms with Crippen LogP contribution in [-0.4, -0.2) is 58.7 Å². The topological polar surface area (TPSA) is 250 Å². The Morgan fingerprint density at radius 2 is 1.90 bits per heavy atom. The van der Waals surface area contributed by atoms with Crippen LogP contribution in [0.5, 0.6) is 0 Å². The molecule has 0 aromatic carbocycles. The number of hydrogen-bond acceptors (Lipinski definition) is 11. The van der Waals surface area contributed by atoms with E-state index in [-0.39, 0.29) is 5.82 Å². The zero-order valence-corrected chi connectivity index (χ0v) is 18.2. The first-order valence-electron chi connectivity index (χ1n) is 7.98. The molecule has 0 spiro atoms. The van der Waals surface area contributed by atoms with E-state index in [9.17, 15) is 32.9 Å². The SMILES string of the molecule is C[C@@]1(O)C[C@@](CF)(COP(=O)(O)OP(=O)(O)OP(=O)(O)O)O[C@H]1n1ccc(N)nc1=O. The smallest absolute Gasteiger partial charge is 0.385 e. The van der Waals surface area contributed by atoms with Gasteiger partial charge in [0.25, 0.3) is 0 Å². The zero-order valence-electron chi connectivity index (χ0n) is 15.5. The van der Waals surface area contributed by atoms with Gasteiger partial charge in [0, 0.05) is 12.6 Å². The predicted octanol–water partition coefficient (Wildman–Crippen LogP) is -0.453. The van der Waals surface area contributed by atoms with E-state index in [1.165, 1.54) is 13.0 Å². The normalized spacial score (nSPS) is 30.6.